The number of nitriles is 1. The number of piperidine rings is 1. The molecule has 216 valence electrons. The molecule has 9 nitrogen and oxygen atoms in total. The Bertz CT molecular complexity index is 1640. The number of nitrogens with one attached hydrogen (secondary N) is 2. The maximum Gasteiger partial charge on any atom is 0.251 e. The van der Waals surface area contributed by atoms with Gasteiger partial charge in [0.15, 0.2) is 5.58 Å². The molecular weight excluding hydrogens is 539 g/mol. The molecule has 0 saturated carbocycles. The lowest BCUT2D eigenvalue weighted by molar-refractivity contribution is 0.0254. The fraction of sp³-hybridized carbons (Fsp3) is 0.344. The molecule has 2 unspecified atom stereocenters. The summed E-state index contributed by atoms with van der Waals surface area (Å²) in [5, 5.41) is 15.7. The Balaban J connectivity index is 1.28. The summed E-state index contributed by atoms with van der Waals surface area (Å²) in [6, 6.07) is 15.9. The number of hydrogen-bond acceptors (Lipinski definition) is 8. The third kappa shape index (κ3) is 5.66. The van der Waals surface area contributed by atoms with Crippen molar-refractivity contribution in [1.82, 2.24) is 15.6 Å². The van der Waals surface area contributed by atoms with E-state index in [0.717, 1.165) is 24.0 Å². The Labute approximate surface area is 242 Å². The largest absolute Gasteiger partial charge is 0.496 e. The van der Waals surface area contributed by atoms with E-state index in [1.54, 1.807) is 30.5 Å². The number of amides is 1. The molecule has 4 heterocycles. The van der Waals surface area contributed by atoms with Gasteiger partial charge in [-0.2, -0.15) is 5.26 Å². The van der Waals surface area contributed by atoms with Gasteiger partial charge in [-0.3, -0.25) is 9.78 Å². The highest BCUT2D eigenvalue weighted by Gasteiger charge is 2.27. The van der Waals surface area contributed by atoms with E-state index in [-0.39, 0.29) is 12.0 Å². The monoisotopic (exact) mass is 570 g/mol. The van der Waals surface area contributed by atoms with Crippen LogP contribution in [-0.4, -0.2) is 62.6 Å². The summed E-state index contributed by atoms with van der Waals surface area (Å²) >= 11 is 0. The van der Waals surface area contributed by atoms with Gasteiger partial charge < -0.3 is 29.3 Å². The fourth-order valence-electron chi connectivity index (χ4n) is 5.41. The Kier molecular flexibility index (Phi) is 8.04. The minimum atomic E-state index is -1.09. The molecule has 2 aromatic carbocycles. The molecule has 2 fully saturated rings. The van der Waals surface area contributed by atoms with Gasteiger partial charge in [-0.15, -0.1) is 0 Å². The lowest BCUT2D eigenvalue weighted by Crippen LogP contribution is -2.52. The van der Waals surface area contributed by atoms with E-state index in [9.17, 15) is 14.4 Å². The second-order valence-corrected chi connectivity index (χ2v) is 10.4. The van der Waals surface area contributed by atoms with Crippen LogP contribution in [0.15, 0.2) is 59.1 Å². The zero-order valence-corrected chi connectivity index (χ0v) is 23.2. The number of hydrogen-bond donors (Lipinski definition) is 2. The normalized spacial score (nSPS) is 19.3. The molecule has 2 saturated heterocycles. The topological polar surface area (TPSA) is 119 Å². The van der Waals surface area contributed by atoms with Crippen LogP contribution in [0, 0.1) is 11.3 Å². The van der Waals surface area contributed by atoms with Crippen LogP contribution in [0.3, 0.4) is 0 Å². The molecule has 1 amide bonds. The zero-order valence-electron chi connectivity index (χ0n) is 23.2. The van der Waals surface area contributed by atoms with E-state index in [4.69, 9.17) is 18.6 Å². The van der Waals surface area contributed by atoms with Gasteiger partial charge in [0.2, 0.25) is 0 Å². The minimum Gasteiger partial charge on any atom is -0.496 e. The number of ether oxygens (including phenoxy) is 3. The number of benzene rings is 2. The van der Waals surface area contributed by atoms with E-state index < -0.39 is 12.2 Å². The summed E-state index contributed by atoms with van der Waals surface area (Å²) in [6.07, 6.45) is 2.57. The molecule has 0 aliphatic carbocycles. The highest BCUT2D eigenvalue weighted by Crippen LogP contribution is 2.38. The first-order chi connectivity index (χ1) is 20.5. The van der Waals surface area contributed by atoms with Crippen molar-refractivity contribution < 1.29 is 27.8 Å². The molecule has 2 N–H and O–H groups in total. The van der Waals surface area contributed by atoms with Gasteiger partial charge in [-0.25, -0.2) is 4.39 Å². The van der Waals surface area contributed by atoms with Gasteiger partial charge in [0.05, 0.1) is 37.5 Å². The summed E-state index contributed by atoms with van der Waals surface area (Å²) in [5.41, 5.74) is 4.19. The predicted molar refractivity (Wildman–Crippen MR) is 154 cm³/mol. The second kappa shape index (κ2) is 12.2. The quantitative estimate of drug-likeness (QED) is 0.318. The van der Waals surface area contributed by atoms with Crippen molar-refractivity contribution in [2.75, 3.05) is 33.4 Å². The number of rotatable bonds is 7. The van der Waals surface area contributed by atoms with Crippen molar-refractivity contribution >= 4 is 17.0 Å². The van der Waals surface area contributed by atoms with E-state index in [2.05, 4.69) is 21.7 Å². The number of pyridine rings is 1. The summed E-state index contributed by atoms with van der Waals surface area (Å²) in [7, 11) is 1.52. The van der Waals surface area contributed by atoms with E-state index in [0.29, 0.717) is 77.8 Å². The molecule has 0 radical (unpaired) electrons. The third-order valence-corrected chi connectivity index (χ3v) is 7.73. The van der Waals surface area contributed by atoms with Crippen LogP contribution in [0.4, 0.5) is 4.39 Å². The molecule has 4 aromatic rings. The average Bonchev–Trinajstić information content (AvgIpc) is 3.47. The SMILES string of the molecule is COc1cc(C(=O)NC2CNCCC2F)ccc1-c1cc2nccc(-c3ccc(OC4CCOCC4)c(C#N)c3)c2o1. The fourth-order valence-corrected chi connectivity index (χ4v) is 5.41. The van der Waals surface area contributed by atoms with Crippen molar-refractivity contribution in [2.24, 2.45) is 0 Å². The molecule has 2 aromatic heterocycles. The number of nitrogens with zero attached hydrogens (tertiary/aromatic N) is 2. The maximum atomic E-state index is 14.2. The lowest BCUT2D eigenvalue weighted by atomic mass is 10.0. The predicted octanol–water partition coefficient (Wildman–Crippen LogP) is 5.03. The molecule has 2 aliphatic rings. The van der Waals surface area contributed by atoms with Crippen LogP contribution < -0.4 is 20.1 Å². The van der Waals surface area contributed by atoms with Crippen LogP contribution in [0.1, 0.15) is 35.2 Å². The van der Waals surface area contributed by atoms with E-state index >= 15 is 0 Å². The van der Waals surface area contributed by atoms with Gasteiger partial charge in [0, 0.05) is 42.8 Å². The molecule has 0 bridgehead atoms. The first-order valence-corrected chi connectivity index (χ1v) is 14.1. The summed E-state index contributed by atoms with van der Waals surface area (Å²) in [6.45, 7) is 2.29. The lowest BCUT2D eigenvalue weighted by Gasteiger charge is -2.27. The van der Waals surface area contributed by atoms with Crippen LogP contribution in [0.5, 0.6) is 11.5 Å². The van der Waals surface area contributed by atoms with Crippen molar-refractivity contribution in [3.63, 3.8) is 0 Å². The number of furan rings is 1. The van der Waals surface area contributed by atoms with Gasteiger partial charge in [-0.1, -0.05) is 6.07 Å². The second-order valence-electron chi connectivity index (χ2n) is 10.4. The molecule has 2 atom stereocenters. The first-order valence-electron chi connectivity index (χ1n) is 14.1. The van der Waals surface area contributed by atoms with Crippen LogP contribution in [-0.2, 0) is 4.74 Å². The van der Waals surface area contributed by atoms with Gasteiger partial charge in [-0.05, 0) is 54.9 Å². The van der Waals surface area contributed by atoms with Crippen molar-refractivity contribution in [1.29, 1.82) is 5.26 Å². The highest BCUT2D eigenvalue weighted by molar-refractivity contribution is 5.97. The Morgan fingerprint density at radius 1 is 1.10 bits per heavy atom. The Hall–Kier alpha value is -4.46. The first kappa shape index (κ1) is 27.7. The Morgan fingerprint density at radius 2 is 1.95 bits per heavy atom. The van der Waals surface area contributed by atoms with Gasteiger partial charge >= 0.3 is 0 Å². The summed E-state index contributed by atoms with van der Waals surface area (Å²) in [4.78, 5) is 17.4. The number of carbonyl (C=O) groups is 1. The number of alkyl halides is 1. The van der Waals surface area contributed by atoms with Crippen LogP contribution >= 0.6 is 0 Å². The molecule has 10 heteroatoms. The highest BCUT2D eigenvalue weighted by atomic mass is 19.1. The van der Waals surface area contributed by atoms with E-state index in [1.807, 2.05) is 24.3 Å². The summed E-state index contributed by atoms with van der Waals surface area (Å²) in [5.74, 6) is 1.12. The van der Waals surface area contributed by atoms with Crippen molar-refractivity contribution in [2.45, 2.75) is 37.6 Å². The van der Waals surface area contributed by atoms with Crippen LogP contribution in [0.25, 0.3) is 33.6 Å². The summed E-state index contributed by atoms with van der Waals surface area (Å²) < 4.78 is 37.7. The third-order valence-electron chi connectivity index (χ3n) is 7.73. The standard InChI is InChI=1S/C32H31FN4O5/c1-39-29-15-20(32(38)37-27-18-35-10-7-25(27)33)2-4-24(29)30-16-26-31(42-30)23(6-11-36-26)19-3-5-28(21(14-19)17-34)41-22-8-12-40-13-9-22/h2-6,11,14-16,22,25,27,35H,7-10,12-13,18H2,1H3,(H,37,38). The van der Waals surface area contributed by atoms with Gasteiger partial charge in [0.1, 0.15) is 41.1 Å². The number of methoxy groups -OCH3 is 1. The van der Waals surface area contributed by atoms with Crippen LogP contribution in [0.2, 0.25) is 0 Å². The van der Waals surface area contributed by atoms with E-state index in [1.165, 1.54) is 7.11 Å². The molecular formula is C32H31FN4O5. The van der Waals surface area contributed by atoms with Crippen molar-refractivity contribution in [3.05, 3.63) is 65.9 Å². The number of carbonyl (C=O) groups excluding carboxylic acids is 1. The van der Waals surface area contributed by atoms with Gasteiger partial charge in [0.25, 0.3) is 5.91 Å². The number of fused-ring (bicyclic) bond motifs is 1. The van der Waals surface area contributed by atoms with Crippen molar-refractivity contribution in [3.8, 4) is 40.0 Å². The molecule has 6 rings (SSSR count). The molecule has 42 heavy (non-hydrogen) atoms. The Morgan fingerprint density at radius 3 is 2.74 bits per heavy atom. The average molecular weight is 571 g/mol. The zero-order chi connectivity index (χ0) is 29.1. The molecule has 2 aliphatic heterocycles. The number of aromatic nitrogens is 1. The smallest absolute Gasteiger partial charge is 0.251 e. The minimum absolute atomic E-state index is 0.0225. The molecule has 0 spiro atoms. The number of halogens is 1. The maximum absolute atomic E-state index is 14.2.